The van der Waals surface area contributed by atoms with Gasteiger partial charge in [0.2, 0.25) is 0 Å². The first kappa shape index (κ1) is 11.5. The van der Waals surface area contributed by atoms with Gasteiger partial charge in [0.15, 0.2) is 11.6 Å². The molecule has 0 heterocycles. The Morgan fingerprint density at radius 3 is 2.65 bits per heavy atom. The van der Waals surface area contributed by atoms with E-state index >= 15 is 0 Å². The maximum absolute atomic E-state index is 13.1. The summed E-state index contributed by atoms with van der Waals surface area (Å²) in [6.45, 7) is 2.84. The van der Waals surface area contributed by atoms with Crippen molar-refractivity contribution in [1.82, 2.24) is 0 Å². The molecule has 1 atom stereocenters. The minimum atomic E-state index is -0.541. The third-order valence-corrected chi connectivity index (χ3v) is 2.97. The normalized spacial score (nSPS) is 19.2. The number of carbonyl (C=O) groups is 2. The van der Waals surface area contributed by atoms with E-state index in [-0.39, 0.29) is 11.1 Å². The van der Waals surface area contributed by atoms with Gasteiger partial charge >= 0.3 is 0 Å². The molecule has 0 aromatic heterocycles. The molecule has 0 bridgehead atoms. The quantitative estimate of drug-likeness (QED) is 0.759. The summed E-state index contributed by atoms with van der Waals surface area (Å²) in [5.41, 5.74) is 0.525. The number of allylic oxidation sites excluding steroid dienone is 1. The Bertz CT molecular complexity index is 558. The summed E-state index contributed by atoms with van der Waals surface area (Å²) in [5.74, 6) is -2.40. The van der Waals surface area contributed by atoms with Crippen LogP contribution in [0, 0.1) is 5.82 Å². The number of aliphatic hydroxyl groups is 1. The molecule has 4 heteroatoms. The number of hydrogen-bond acceptors (Lipinski definition) is 3. The molecule has 88 valence electrons. The van der Waals surface area contributed by atoms with E-state index in [9.17, 15) is 19.1 Å². The first-order valence-electron chi connectivity index (χ1n) is 5.21. The summed E-state index contributed by atoms with van der Waals surface area (Å²) < 4.78 is 13.1. The van der Waals surface area contributed by atoms with Crippen molar-refractivity contribution < 1.29 is 19.1 Å². The Morgan fingerprint density at radius 2 is 2.06 bits per heavy atom. The van der Waals surface area contributed by atoms with Gasteiger partial charge in [-0.05, 0) is 24.6 Å². The Labute approximate surface area is 97.6 Å². The molecular formula is C13H11FO3. The number of fused-ring (bicyclic) bond motifs is 1. The number of hydrogen-bond donors (Lipinski definition) is 1. The molecule has 0 unspecified atom stereocenters. The van der Waals surface area contributed by atoms with E-state index in [2.05, 4.69) is 0 Å². The van der Waals surface area contributed by atoms with Crippen molar-refractivity contribution in [2.75, 3.05) is 0 Å². The number of benzene rings is 1. The molecule has 0 saturated heterocycles. The first-order valence-corrected chi connectivity index (χ1v) is 5.21. The number of rotatable bonds is 1. The van der Waals surface area contributed by atoms with E-state index in [1.807, 2.05) is 0 Å². The summed E-state index contributed by atoms with van der Waals surface area (Å²) >= 11 is 0. The van der Waals surface area contributed by atoms with Gasteiger partial charge in [-0.1, -0.05) is 13.0 Å². The fraction of sp³-hybridized carbons (Fsp3) is 0.231. The lowest BCUT2D eigenvalue weighted by Gasteiger charge is -2.22. The van der Waals surface area contributed by atoms with Crippen molar-refractivity contribution in [3.8, 4) is 0 Å². The molecule has 1 N–H and O–H groups in total. The average Bonchev–Trinajstić information content (AvgIpc) is 2.26. The van der Waals surface area contributed by atoms with Crippen molar-refractivity contribution >= 4 is 17.3 Å². The number of ketones is 2. The predicted molar refractivity (Wildman–Crippen MR) is 60.1 cm³/mol. The second-order valence-electron chi connectivity index (χ2n) is 4.10. The van der Waals surface area contributed by atoms with Crippen LogP contribution in [0.5, 0.6) is 0 Å². The van der Waals surface area contributed by atoms with Crippen LogP contribution in [0.1, 0.15) is 30.9 Å². The van der Waals surface area contributed by atoms with Crippen molar-refractivity contribution in [3.05, 3.63) is 40.7 Å². The van der Waals surface area contributed by atoms with Crippen molar-refractivity contribution in [2.45, 2.75) is 19.8 Å². The van der Waals surface area contributed by atoms with Crippen LogP contribution >= 0.6 is 0 Å². The number of carbonyl (C=O) groups excluding carboxylic acids is 2. The second kappa shape index (κ2) is 3.80. The molecule has 0 saturated carbocycles. The van der Waals surface area contributed by atoms with E-state index in [0.29, 0.717) is 5.56 Å². The molecule has 3 nitrogen and oxygen atoms in total. The molecule has 0 fully saturated rings. The van der Waals surface area contributed by atoms with Crippen molar-refractivity contribution in [2.24, 2.45) is 0 Å². The number of Topliss-reactive ketones (excluding diaryl/α,β-unsaturated/α-hetero) is 2. The van der Waals surface area contributed by atoms with Crippen LogP contribution in [0.3, 0.4) is 0 Å². The van der Waals surface area contributed by atoms with Gasteiger partial charge in [0.05, 0.1) is 0 Å². The molecule has 0 radical (unpaired) electrons. The molecule has 0 amide bonds. The molecule has 1 aliphatic rings. The third-order valence-electron chi connectivity index (χ3n) is 2.97. The molecule has 0 aliphatic heterocycles. The van der Waals surface area contributed by atoms with Crippen LogP contribution in [0.4, 0.5) is 4.39 Å². The van der Waals surface area contributed by atoms with Crippen LogP contribution in [-0.4, -0.2) is 16.7 Å². The lowest BCUT2D eigenvalue weighted by atomic mass is 9.81. The predicted octanol–water partition coefficient (Wildman–Crippen LogP) is 2.37. The van der Waals surface area contributed by atoms with Crippen LogP contribution < -0.4 is 0 Å². The van der Waals surface area contributed by atoms with Crippen LogP contribution in [0.25, 0.3) is 5.76 Å². The number of aliphatic hydroxyl groups excluding tert-OH is 1. The summed E-state index contributed by atoms with van der Waals surface area (Å²) in [5, 5.41) is 9.88. The maximum atomic E-state index is 13.1. The van der Waals surface area contributed by atoms with Gasteiger partial charge in [0.25, 0.3) is 0 Å². The fourth-order valence-corrected chi connectivity index (χ4v) is 2.06. The Kier molecular flexibility index (Phi) is 2.58. The molecule has 0 spiro atoms. The van der Waals surface area contributed by atoms with Gasteiger partial charge in [-0.15, -0.1) is 0 Å². The van der Waals surface area contributed by atoms with E-state index < -0.39 is 29.1 Å². The third kappa shape index (κ3) is 1.65. The van der Waals surface area contributed by atoms with Crippen LogP contribution in [-0.2, 0) is 9.59 Å². The summed E-state index contributed by atoms with van der Waals surface area (Å²) in [6, 6.07) is 3.82. The molecular weight excluding hydrogens is 223 g/mol. The van der Waals surface area contributed by atoms with Crippen molar-refractivity contribution in [1.29, 1.82) is 0 Å². The monoisotopic (exact) mass is 234 g/mol. The highest BCUT2D eigenvalue weighted by molar-refractivity contribution is 6.26. The van der Waals surface area contributed by atoms with Gasteiger partial charge < -0.3 is 5.11 Å². The van der Waals surface area contributed by atoms with Gasteiger partial charge in [-0.25, -0.2) is 4.39 Å². The smallest absolute Gasteiger partial charge is 0.177 e. The van der Waals surface area contributed by atoms with Gasteiger partial charge in [0.1, 0.15) is 17.1 Å². The second-order valence-corrected chi connectivity index (χ2v) is 4.10. The van der Waals surface area contributed by atoms with Crippen LogP contribution in [0.2, 0.25) is 0 Å². The van der Waals surface area contributed by atoms with Gasteiger partial charge in [-0.2, -0.15) is 0 Å². The summed E-state index contributed by atoms with van der Waals surface area (Å²) in [7, 11) is 0. The Hall–Kier alpha value is -1.97. The fourth-order valence-electron chi connectivity index (χ4n) is 2.06. The van der Waals surface area contributed by atoms with E-state index in [4.69, 9.17) is 0 Å². The molecule has 1 aromatic carbocycles. The van der Waals surface area contributed by atoms with Gasteiger partial charge in [0, 0.05) is 11.5 Å². The first-order chi connectivity index (χ1) is 7.93. The van der Waals surface area contributed by atoms with E-state index in [0.717, 1.165) is 6.07 Å². The highest BCUT2D eigenvalue weighted by Crippen LogP contribution is 2.35. The maximum Gasteiger partial charge on any atom is 0.177 e. The minimum Gasteiger partial charge on any atom is -0.506 e. The average molecular weight is 234 g/mol. The number of halogens is 1. The topological polar surface area (TPSA) is 54.4 Å². The Balaban J connectivity index is 2.76. The standard InChI is InChI=1S/C13H11FO3/c1-6-9-4-3-8(14)5-10(9)13(17)11(7(2)15)12(6)16/h3-6,17H,1-2H3/t6-/m0/s1. The van der Waals surface area contributed by atoms with E-state index in [1.165, 1.54) is 19.1 Å². The zero-order valence-corrected chi connectivity index (χ0v) is 9.45. The zero-order valence-electron chi connectivity index (χ0n) is 9.45. The van der Waals surface area contributed by atoms with Gasteiger partial charge in [-0.3, -0.25) is 9.59 Å². The van der Waals surface area contributed by atoms with E-state index in [1.54, 1.807) is 6.92 Å². The summed E-state index contributed by atoms with van der Waals surface area (Å²) in [6.07, 6.45) is 0. The van der Waals surface area contributed by atoms with Crippen LogP contribution in [0.15, 0.2) is 23.8 Å². The highest BCUT2D eigenvalue weighted by atomic mass is 19.1. The minimum absolute atomic E-state index is 0.224. The molecule has 1 aliphatic carbocycles. The lowest BCUT2D eigenvalue weighted by Crippen LogP contribution is -2.24. The summed E-state index contributed by atoms with van der Waals surface area (Å²) in [4.78, 5) is 23.2. The lowest BCUT2D eigenvalue weighted by molar-refractivity contribution is -0.121. The van der Waals surface area contributed by atoms with Crippen molar-refractivity contribution in [3.63, 3.8) is 0 Å². The largest absolute Gasteiger partial charge is 0.506 e. The molecule has 2 rings (SSSR count). The SMILES string of the molecule is CC(=O)C1=C(O)c2cc(F)ccc2[C@H](C)C1=O. The molecule has 17 heavy (non-hydrogen) atoms. The Morgan fingerprint density at radius 1 is 1.41 bits per heavy atom. The highest BCUT2D eigenvalue weighted by Gasteiger charge is 2.33. The molecule has 1 aromatic rings. The zero-order chi connectivity index (χ0) is 12.7.